The number of aliphatic carboxylic acids is 2. The van der Waals surface area contributed by atoms with Crippen molar-refractivity contribution in [1.29, 1.82) is 0 Å². The van der Waals surface area contributed by atoms with Gasteiger partial charge in [-0.25, -0.2) is 0 Å². The lowest BCUT2D eigenvalue weighted by molar-refractivity contribution is -0.154. The number of hydrogen-bond donors (Lipinski definition) is 4. The number of nitrogens with two attached hydrogens (primary N) is 1. The van der Waals surface area contributed by atoms with Crippen LogP contribution in [0.4, 0.5) is 0 Å². The standard InChI is InChI=1S/C16H21NO5.H2O/c1-15(2)8-12(18)16(17,10-6-4-3-5-9(10)15)11(14(21)22)7-13(19)20;/h3-6,11-12,18H,7-8,17H2,1-2H3,(H,19,20)(H,21,22);1H2/t11-,12?,16?;/m0./s1. The van der Waals surface area contributed by atoms with Gasteiger partial charge >= 0.3 is 11.9 Å². The number of rotatable bonds is 4. The van der Waals surface area contributed by atoms with E-state index in [1.807, 2.05) is 26.0 Å². The lowest BCUT2D eigenvalue weighted by atomic mass is 9.60. The quantitative estimate of drug-likeness (QED) is 0.622. The van der Waals surface area contributed by atoms with E-state index in [4.69, 9.17) is 10.8 Å². The number of carboxylic acid groups (broad SMARTS) is 2. The molecular weight excluding hydrogens is 302 g/mol. The Bertz CT molecular complexity index is 614. The smallest absolute Gasteiger partial charge is 0.309 e. The molecule has 128 valence electrons. The monoisotopic (exact) mass is 325 g/mol. The number of benzene rings is 1. The fourth-order valence-corrected chi connectivity index (χ4v) is 3.45. The summed E-state index contributed by atoms with van der Waals surface area (Å²) < 4.78 is 0. The summed E-state index contributed by atoms with van der Waals surface area (Å²) >= 11 is 0. The highest BCUT2D eigenvalue weighted by atomic mass is 16.4. The molecule has 0 saturated heterocycles. The number of carboxylic acids is 2. The van der Waals surface area contributed by atoms with Crippen LogP contribution in [-0.2, 0) is 20.5 Å². The third kappa shape index (κ3) is 3.08. The summed E-state index contributed by atoms with van der Waals surface area (Å²) in [5.74, 6) is -3.98. The van der Waals surface area contributed by atoms with Crippen molar-refractivity contribution in [2.45, 2.75) is 43.7 Å². The maximum atomic E-state index is 11.6. The summed E-state index contributed by atoms with van der Waals surface area (Å²) in [6.45, 7) is 3.89. The normalized spacial score (nSPS) is 26.5. The maximum Gasteiger partial charge on any atom is 0.309 e. The molecule has 1 aromatic rings. The van der Waals surface area contributed by atoms with Crippen LogP contribution in [0.5, 0.6) is 0 Å². The summed E-state index contributed by atoms with van der Waals surface area (Å²) in [5, 5.41) is 29.0. The molecule has 0 amide bonds. The summed E-state index contributed by atoms with van der Waals surface area (Å²) in [5.41, 5.74) is 5.69. The van der Waals surface area contributed by atoms with Gasteiger partial charge in [0.1, 0.15) is 0 Å². The number of aliphatic hydroxyl groups excluding tert-OH is 1. The second kappa shape index (κ2) is 6.27. The summed E-state index contributed by atoms with van der Waals surface area (Å²) in [7, 11) is 0. The molecule has 7 N–H and O–H groups in total. The molecule has 2 rings (SSSR count). The van der Waals surface area contributed by atoms with Crippen molar-refractivity contribution >= 4 is 11.9 Å². The van der Waals surface area contributed by atoms with Crippen molar-refractivity contribution in [3.8, 4) is 0 Å². The maximum absolute atomic E-state index is 11.6. The number of carbonyl (C=O) groups is 2. The molecule has 0 spiro atoms. The van der Waals surface area contributed by atoms with E-state index < -0.39 is 35.9 Å². The Morgan fingerprint density at radius 1 is 1.26 bits per heavy atom. The molecule has 0 aliphatic heterocycles. The second-order valence-electron chi connectivity index (χ2n) is 6.57. The largest absolute Gasteiger partial charge is 0.481 e. The van der Waals surface area contributed by atoms with Crippen LogP contribution in [-0.4, -0.2) is 38.8 Å². The fraction of sp³-hybridized carbons (Fsp3) is 0.500. The summed E-state index contributed by atoms with van der Waals surface area (Å²) in [6, 6.07) is 7.07. The van der Waals surface area contributed by atoms with Gasteiger partial charge in [-0.3, -0.25) is 9.59 Å². The molecule has 7 heteroatoms. The Morgan fingerprint density at radius 3 is 2.26 bits per heavy atom. The van der Waals surface area contributed by atoms with Crippen LogP contribution < -0.4 is 5.73 Å². The zero-order chi connectivity index (χ0) is 16.7. The Labute approximate surface area is 134 Å². The van der Waals surface area contributed by atoms with Crippen molar-refractivity contribution in [3.05, 3.63) is 35.4 Å². The second-order valence-corrected chi connectivity index (χ2v) is 6.57. The van der Waals surface area contributed by atoms with Crippen molar-refractivity contribution in [2.75, 3.05) is 0 Å². The van der Waals surface area contributed by atoms with Gasteiger partial charge in [-0.1, -0.05) is 38.1 Å². The molecule has 0 heterocycles. The van der Waals surface area contributed by atoms with Crippen molar-refractivity contribution < 1.29 is 30.4 Å². The van der Waals surface area contributed by atoms with E-state index in [1.54, 1.807) is 12.1 Å². The van der Waals surface area contributed by atoms with Crippen molar-refractivity contribution in [2.24, 2.45) is 11.7 Å². The third-order valence-corrected chi connectivity index (χ3v) is 4.63. The topological polar surface area (TPSA) is 152 Å². The Kier molecular flexibility index (Phi) is 5.20. The fourth-order valence-electron chi connectivity index (χ4n) is 3.45. The third-order valence-electron chi connectivity index (χ3n) is 4.63. The molecule has 7 nitrogen and oxygen atoms in total. The Hall–Kier alpha value is -1.96. The van der Waals surface area contributed by atoms with E-state index in [9.17, 15) is 19.8 Å². The average Bonchev–Trinajstić information content (AvgIpc) is 2.42. The highest BCUT2D eigenvalue weighted by molar-refractivity contribution is 5.80. The number of hydrogen-bond acceptors (Lipinski definition) is 4. The molecule has 2 unspecified atom stereocenters. The average molecular weight is 325 g/mol. The molecule has 0 bridgehead atoms. The highest BCUT2D eigenvalue weighted by Gasteiger charge is 2.53. The van der Waals surface area contributed by atoms with Crippen LogP contribution in [0.3, 0.4) is 0 Å². The van der Waals surface area contributed by atoms with Gasteiger partial charge < -0.3 is 26.5 Å². The van der Waals surface area contributed by atoms with Crippen LogP contribution in [0.1, 0.15) is 37.8 Å². The Morgan fingerprint density at radius 2 is 1.78 bits per heavy atom. The molecule has 1 aliphatic rings. The minimum atomic E-state index is -1.63. The predicted molar refractivity (Wildman–Crippen MR) is 82.9 cm³/mol. The highest BCUT2D eigenvalue weighted by Crippen LogP contribution is 2.47. The zero-order valence-electron chi connectivity index (χ0n) is 13.1. The summed E-state index contributed by atoms with van der Waals surface area (Å²) in [6.07, 6.45) is -1.51. The van der Waals surface area contributed by atoms with Crippen LogP contribution in [0.2, 0.25) is 0 Å². The van der Waals surface area contributed by atoms with Gasteiger partial charge in [0.2, 0.25) is 0 Å². The molecule has 0 aromatic heterocycles. The molecule has 1 aromatic carbocycles. The molecule has 0 saturated carbocycles. The van der Waals surface area contributed by atoms with E-state index in [0.717, 1.165) is 5.56 Å². The minimum Gasteiger partial charge on any atom is -0.481 e. The van der Waals surface area contributed by atoms with E-state index in [-0.39, 0.29) is 17.3 Å². The van der Waals surface area contributed by atoms with Gasteiger partial charge in [-0.2, -0.15) is 0 Å². The molecule has 0 fully saturated rings. The van der Waals surface area contributed by atoms with Crippen molar-refractivity contribution in [1.82, 2.24) is 0 Å². The van der Waals surface area contributed by atoms with E-state index in [1.165, 1.54) is 0 Å². The lowest BCUT2D eigenvalue weighted by Crippen LogP contribution is -2.61. The summed E-state index contributed by atoms with van der Waals surface area (Å²) in [4.78, 5) is 22.6. The molecule has 23 heavy (non-hydrogen) atoms. The van der Waals surface area contributed by atoms with E-state index in [0.29, 0.717) is 5.56 Å². The zero-order valence-corrected chi connectivity index (χ0v) is 13.1. The van der Waals surface area contributed by atoms with Gasteiger partial charge in [0.15, 0.2) is 0 Å². The van der Waals surface area contributed by atoms with Crippen LogP contribution >= 0.6 is 0 Å². The van der Waals surface area contributed by atoms with Gasteiger partial charge in [0.25, 0.3) is 0 Å². The first-order chi connectivity index (χ1) is 10.1. The van der Waals surface area contributed by atoms with E-state index >= 15 is 0 Å². The molecule has 3 atom stereocenters. The first-order valence-corrected chi connectivity index (χ1v) is 7.12. The first-order valence-electron chi connectivity index (χ1n) is 7.12. The minimum absolute atomic E-state index is 0. The molecule has 0 radical (unpaired) electrons. The van der Waals surface area contributed by atoms with Gasteiger partial charge in [0.05, 0.1) is 24.0 Å². The van der Waals surface area contributed by atoms with Gasteiger partial charge in [-0.15, -0.1) is 0 Å². The van der Waals surface area contributed by atoms with E-state index in [2.05, 4.69) is 0 Å². The molecular formula is C16H23NO6. The SMILES string of the molecule is CC1(C)CC(O)C(N)([C@@H](CC(=O)O)C(=O)O)c2ccccc21.O. The van der Waals surface area contributed by atoms with Gasteiger partial charge in [-0.05, 0) is 23.0 Å². The van der Waals surface area contributed by atoms with Crippen LogP contribution in [0.25, 0.3) is 0 Å². The van der Waals surface area contributed by atoms with Crippen LogP contribution in [0, 0.1) is 5.92 Å². The predicted octanol–water partition coefficient (Wildman–Crippen LogP) is 0.234. The molecule has 1 aliphatic carbocycles. The van der Waals surface area contributed by atoms with Crippen molar-refractivity contribution in [3.63, 3.8) is 0 Å². The number of aliphatic hydroxyl groups is 1. The lowest BCUT2D eigenvalue weighted by Gasteiger charge is -2.48. The number of fused-ring (bicyclic) bond motifs is 1. The van der Waals surface area contributed by atoms with Crippen LogP contribution in [0.15, 0.2) is 24.3 Å². The first kappa shape index (κ1) is 19.1. The Balaban J connectivity index is 0.00000264. The van der Waals surface area contributed by atoms with Gasteiger partial charge in [0, 0.05) is 0 Å².